The van der Waals surface area contributed by atoms with Gasteiger partial charge in [0.1, 0.15) is 17.5 Å². The van der Waals surface area contributed by atoms with E-state index in [1.807, 2.05) is 0 Å². The Morgan fingerprint density at radius 2 is 1.62 bits per heavy atom. The number of rotatable bonds is 4. The summed E-state index contributed by atoms with van der Waals surface area (Å²) in [6.07, 6.45) is 2.32. The number of urea groups is 1. The quantitative estimate of drug-likeness (QED) is 0.587. The molecule has 176 valence electrons. The van der Waals surface area contributed by atoms with E-state index < -0.39 is 6.03 Å². The topological polar surface area (TPSA) is 77.6 Å². The molecule has 3 aromatic rings. The molecule has 1 aromatic heterocycles. The Kier molecular flexibility index (Phi) is 7.01. The van der Waals surface area contributed by atoms with Gasteiger partial charge in [-0.05, 0) is 67.4 Å². The Bertz CT molecular complexity index is 1170. The van der Waals surface area contributed by atoms with Crippen LogP contribution in [0.25, 0.3) is 0 Å². The van der Waals surface area contributed by atoms with Gasteiger partial charge in [-0.1, -0.05) is 6.07 Å². The van der Waals surface area contributed by atoms with Gasteiger partial charge in [-0.25, -0.2) is 18.6 Å². The van der Waals surface area contributed by atoms with Gasteiger partial charge in [0.2, 0.25) is 0 Å². The van der Waals surface area contributed by atoms with Gasteiger partial charge >= 0.3 is 6.03 Å². The van der Waals surface area contributed by atoms with Crippen LogP contribution in [0.3, 0.4) is 0 Å². The first kappa shape index (κ1) is 23.2. The van der Waals surface area contributed by atoms with Crippen LogP contribution in [0, 0.1) is 18.6 Å². The van der Waals surface area contributed by atoms with E-state index in [4.69, 9.17) is 0 Å². The zero-order valence-corrected chi connectivity index (χ0v) is 18.7. The highest BCUT2D eigenvalue weighted by Crippen LogP contribution is 2.18. The molecule has 3 amide bonds. The predicted molar refractivity (Wildman–Crippen MR) is 127 cm³/mol. The second kappa shape index (κ2) is 10.3. The molecule has 2 N–H and O–H groups in total. The standard InChI is InChI=1S/C25H25F2N5O2/c1-17-3-8-20(15-22(17)27)29-25(34)30-21-9-10-23(28-16-21)31-11-2-12-32(14-13-31)24(33)18-4-6-19(26)7-5-18/h3-10,15-16H,2,11-14H2,1H3,(H2,29,30,34). The minimum absolute atomic E-state index is 0.117. The molecule has 0 saturated carbocycles. The summed E-state index contributed by atoms with van der Waals surface area (Å²) in [6, 6.07) is 13.1. The van der Waals surface area contributed by atoms with Crippen molar-refractivity contribution in [1.29, 1.82) is 0 Å². The molecule has 0 unspecified atom stereocenters. The summed E-state index contributed by atoms with van der Waals surface area (Å²) in [7, 11) is 0. The van der Waals surface area contributed by atoms with Crippen molar-refractivity contribution in [3.63, 3.8) is 0 Å². The van der Waals surface area contributed by atoms with Gasteiger partial charge in [0.25, 0.3) is 5.91 Å². The number of carbonyl (C=O) groups is 2. The van der Waals surface area contributed by atoms with Crippen LogP contribution >= 0.6 is 0 Å². The average molecular weight is 466 g/mol. The zero-order valence-electron chi connectivity index (χ0n) is 18.7. The molecule has 0 atom stereocenters. The van der Waals surface area contributed by atoms with Crippen LogP contribution in [0.2, 0.25) is 0 Å². The Morgan fingerprint density at radius 3 is 2.32 bits per heavy atom. The first-order valence-corrected chi connectivity index (χ1v) is 11.0. The molecule has 0 aliphatic carbocycles. The zero-order chi connectivity index (χ0) is 24.1. The van der Waals surface area contributed by atoms with Crippen LogP contribution in [0.4, 0.5) is 30.8 Å². The maximum absolute atomic E-state index is 13.7. The lowest BCUT2D eigenvalue weighted by Gasteiger charge is -2.23. The molecule has 0 bridgehead atoms. The molecule has 1 aliphatic heterocycles. The number of halogens is 2. The van der Waals surface area contributed by atoms with Gasteiger partial charge in [0.15, 0.2) is 0 Å². The number of nitrogens with zero attached hydrogens (tertiary/aromatic N) is 3. The molecule has 0 radical (unpaired) electrons. The third-order valence-corrected chi connectivity index (χ3v) is 5.63. The van der Waals surface area contributed by atoms with E-state index in [1.165, 1.54) is 30.3 Å². The van der Waals surface area contributed by atoms with Crippen LogP contribution in [0.15, 0.2) is 60.8 Å². The van der Waals surface area contributed by atoms with Crippen molar-refractivity contribution in [2.24, 2.45) is 0 Å². The Labute approximate surface area is 196 Å². The number of hydrogen-bond acceptors (Lipinski definition) is 4. The second-order valence-electron chi connectivity index (χ2n) is 8.09. The van der Waals surface area contributed by atoms with Gasteiger partial charge in [-0.2, -0.15) is 0 Å². The fraction of sp³-hybridized carbons (Fsp3) is 0.240. The number of pyridine rings is 1. The Morgan fingerprint density at radius 1 is 0.882 bits per heavy atom. The lowest BCUT2D eigenvalue weighted by molar-refractivity contribution is 0.0767. The SMILES string of the molecule is Cc1ccc(NC(=O)Nc2ccc(N3CCCN(C(=O)c4ccc(F)cc4)CC3)nc2)cc1F. The minimum Gasteiger partial charge on any atom is -0.355 e. The molecule has 2 heterocycles. The fourth-order valence-corrected chi connectivity index (χ4v) is 3.74. The van der Waals surface area contributed by atoms with E-state index >= 15 is 0 Å². The first-order valence-electron chi connectivity index (χ1n) is 11.0. The van der Waals surface area contributed by atoms with Gasteiger partial charge in [0.05, 0.1) is 11.9 Å². The van der Waals surface area contributed by atoms with E-state index in [9.17, 15) is 18.4 Å². The highest BCUT2D eigenvalue weighted by molar-refractivity contribution is 5.99. The monoisotopic (exact) mass is 465 g/mol. The molecule has 4 rings (SSSR count). The highest BCUT2D eigenvalue weighted by Gasteiger charge is 2.21. The van der Waals surface area contributed by atoms with E-state index in [0.29, 0.717) is 42.1 Å². The van der Waals surface area contributed by atoms with Gasteiger partial charge in [-0.3, -0.25) is 4.79 Å². The highest BCUT2D eigenvalue weighted by atomic mass is 19.1. The molecule has 0 spiro atoms. The van der Waals surface area contributed by atoms with E-state index in [0.717, 1.165) is 18.8 Å². The average Bonchev–Trinajstić information content (AvgIpc) is 3.08. The third-order valence-electron chi connectivity index (χ3n) is 5.63. The molecule has 2 aromatic carbocycles. The predicted octanol–water partition coefficient (Wildman–Crippen LogP) is 4.66. The van der Waals surface area contributed by atoms with Crippen LogP contribution in [0.5, 0.6) is 0 Å². The minimum atomic E-state index is -0.498. The van der Waals surface area contributed by atoms with Crippen LogP contribution in [-0.2, 0) is 0 Å². The number of anilines is 3. The number of hydrogen-bond donors (Lipinski definition) is 2. The van der Waals surface area contributed by atoms with Crippen molar-refractivity contribution < 1.29 is 18.4 Å². The summed E-state index contributed by atoms with van der Waals surface area (Å²) in [5, 5.41) is 5.27. The lowest BCUT2D eigenvalue weighted by Crippen LogP contribution is -2.35. The largest absolute Gasteiger partial charge is 0.355 e. The van der Waals surface area contributed by atoms with Crippen molar-refractivity contribution in [3.8, 4) is 0 Å². The summed E-state index contributed by atoms with van der Waals surface area (Å²) in [6.45, 7) is 4.11. The van der Waals surface area contributed by atoms with Gasteiger partial charge < -0.3 is 20.4 Å². The summed E-state index contributed by atoms with van der Waals surface area (Å²) in [5.74, 6) is -0.139. The maximum atomic E-state index is 13.7. The number of aromatic nitrogens is 1. The lowest BCUT2D eigenvalue weighted by atomic mass is 10.2. The summed E-state index contributed by atoms with van der Waals surface area (Å²) < 4.78 is 26.8. The third kappa shape index (κ3) is 5.67. The molecule has 9 heteroatoms. The summed E-state index contributed by atoms with van der Waals surface area (Å²) in [5.41, 5.74) is 1.82. The van der Waals surface area contributed by atoms with Crippen molar-refractivity contribution in [2.75, 3.05) is 41.7 Å². The van der Waals surface area contributed by atoms with E-state index in [1.54, 1.807) is 42.3 Å². The normalized spacial score (nSPS) is 13.9. The van der Waals surface area contributed by atoms with Crippen molar-refractivity contribution >= 4 is 29.1 Å². The molecule has 1 fully saturated rings. The number of nitrogens with one attached hydrogen (secondary N) is 2. The van der Waals surface area contributed by atoms with Crippen molar-refractivity contribution in [1.82, 2.24) is 9.88 Å². The maximum Gasteiger partial charge on any atom is 0.323 e. The Hall–Kier alpha value is -4.01. The van der Waals surface area contributed by atoms with Crippen LogP contribution in [0.1, 0.15) is 22.3 Å². The molecule has 7 nitrogen and oxygen atoms in total. The van der Waals surface area contributed by atoms with Crippen molar-refractivity contribution in [2.45, 2.75) is 13.3 Å². The molecular formula is C25H25F2N5O2. The molecule has 34 heavy (non-hydrogen) atoms. The molecule has 1 aliphatic rings. The molecule has 1 saturated heterocycles. The van der Waals surface area contributed by atoms with E-state index in [-0.39, 0.29) is 17.5 Å². The van der Waals surface area contributed by atoms with Crippen molar-refractivity contribution in [3.05, 3.63) is 83.6 Å². The van der Waals surface area contributed by atoms with Gasteiger partial charge in [0, 0.05) is 37.4 Å². The van der Waals surface area contributed by atoms with Gasteiger partial charge in [-0.15, -0.1) is 0 Å². The number of carbonyl (C=O) groups excluding carboxylic acids is 2. The first-order chi connectivity index (χ1) is 16.4. The molecular weight excluding hydrogens is 440 g/mol. The Balaban J connectivity index is 1.32. The van der Waals surface area contributed by atoms with Crippen LogP contribution in [-0.4, -0.2) is 48.0 Å². The smallest absolute Gasteiger partial charge is 0.323 e. The second-order valence-corrected chi connectivity index (χ2v) is 8.09. The summed E-state index contributed by atoms with van der Waals surface area (Å²) in [4.78, 5) is 33.2. The summed E-state index contributed by atoms with van der Waals surface area (Å²) >= 11 is 0. The van der Waals surface area contributed by atoms with E-state index in [2.05, 4.69) is 20.5 Å². The van der Waals surface area contributed by atoms with Crippen LogP contribution < -0.4 is 15.5 Å². The number of benzene rings is 2. The number of amides is 3. The number of aryl methyl sites for hydroxylation is 1. The fourth-order valence-electron chi connectivity index (χ4n) is 3.74.